The summed E-state index contributed by atoms with van der Waals surface area (Å²) in [6.07, 6.45) is 3.16. The van der Waals surface area contributed by atoms with Gasteiger partial charge in [0.1, 0.15) is 11.5 Å². The van der Waals surface area contributed by atoms with Crippen LogP contribution in [0, 0.1) is 5.41 Å². The van der Waals surface area contributed by atoms with Gasteiger partial charge in [0.2, 0.25) is 0 Å². The lowest BCUT2D eigenvalue weighted by Gasteiger charge is -2.54. The lowest BCUT2D eigenvalue weighted by Crippen LogP contribution is -2.62. The monoisotopic (exact) mass is 382 g/mol. The number of nitrogens with one attached hydrogen (secondary N) is 1. The van der Waals surface area contributed by atoms with E-state index in [1.165, 1.54) is 12.7 Å². The van der Waals surface area contributed by atoms with Crippen molar-refractivity contribution in [2.45, 2.75) is 44.1 Å². The predicted octanol–water partition coefficient (Wildman–Crippen LogP) is 2.63. The number of hydrogen-bond acceptors (Lipinski definition) is 6. The topological polar surface area (TPSA) is 67.9 Å². The molecule has 0 unspecified atom stereocenters. The third-order valence-corrected chi connectivity index (χ3v) is 7.56. The average Bonchev–Trinajstić information content (AvgIpc) is 3.26. The summed E-state index contributed by atoms with van der Waals surface area (Å²) < 4.78 is 10.6. The molecule has 3 heterocycles. The maximum Gasteiger partial charge on any atom is 0.335 e. The molecule has 5 rings (SSSR count). The van der Waals surface area contributed by atoms with Crippen LogP contribution in [0.4, 0.5) is 5.69 Å². The number of carbonyl (C=O) groups is 2. The van der Waals surface area contributed by atoms with E-state index in [1.54, 1.807) is 14.0 Å². The average molecular weight is 382 g/mol. The van der Waals surface area contributed by atoms with Gasteiger partial charge in [0.15, 0.2) is 0 Å². The number of nitrogens with zero attached hydrogens (tertiary/aromatic N) is 1. The number of fused-ring (bicyclic) bond motifs is 1. The molecule has 0 bridgehead atoms. The highest BCUT2D eigenvalue weighted by Crippen LogP contribution is 2.64. The van der Waals surface area contributed by atoms with Gasteiger partial charge in [-0.2, -0.15) is 0 Å². The summed E-state index contributed by atoms with van der Waals surface area (Å²) in [5.74, 6) is 0.633. The van der Waals surface area contributed by atoms with Gasteiger partial charge in [-0.15, -0.1) is 0 Å². The first-order valence-electron chi connectivity index (χ1n) is 10.0. The molecule has 4 aliphatic rings. The summed E-state index contributed by atoms with van der Waals surface area (Å²) in [4.78, 5) is 28.4. The number of hydrogen-bond donors (Lipinski definition) is 1. The van der Waals surface area contributed by atoms with Crippen LogP contribution in [-0.4, -0.2) is 50.0 Å². The Morgan fingerprint density at radius 1 is 1.21 bits per heavy atom. The highest BCUT2D eigenvalue weighted by molar-refractivity contribution is 5.96. The summed E-state index contributed by atoms with van der Waals surface area (Å²) in [7, 11) is 3.07. The quantitative estimate of drug-likeness (QED) is 0.811. The lowest BCUT2D eigenvalue weighted by atomic mass is 9.53. The molecule has 2 saturated heterocycles. The smallest absolute Gasteiger partial charge is 0.335 e. The Kier molecular flexibility index (Phi) is 3.69. The third-order valence-electron chi connectivity index (χ3n) is 7.56. The third kappa shape index (κ3) is 1.96. The lowest BCUT2D eigenvalue weighted by molar-refractivity contribution is -0.140. The number of esters is 1. The molecule has 1 N–H and O–H groups in total. The van der Waals surface area contributed by atoms with E-state index in [0.29, 0.717) is 12.0 Å². The van der Waals surface area contributed by atoms with Crippen molar-refractivity contribution < 1.29 is 19.1 Å². The van der Waals surface area contributed by atoms with E-state index in [1.807, 2.05) is 12.1 Å². The molecule has 0 aromatic heterocycles. The second kappa shape index (κ2) is 5.83. The molecule has 0 amide bonds. The van der Waals surface area contributed by atoms with Gasteiger partial charge in [-0.3, -0.25) is 9.69 Å². The Bertz CT molecular complexity index is 923. The molecule has 2 fully saturated rings. The van der Waals surface area contributed by atoms with Crippen molar-refractivity contribution in [1.29, 1.82) is 0 Å². The zero-order chi connectivity index (χ0) is 19.7. The largest absolute Gasteiger partial charge is 0.497 e. The maximum atomic E-state index is 13.1. The Hall–Kier alpha value is -2.34. The molecule has 0 saturated carbocycles. The van der Waals surface area contributed by atoms with Crippen LogP contribution in [0.25, 0.3) is 0 Å². The fraction of sp³-hybridized carbons (Fsp3) is 0.545. The van der Waals surface area contributed by atoms with Crippen molar-refractivity contribution in [1.82, 2.24) is 4.90 Å². The molecule has 6 nitrogen and oxygen atoms in total. The highest BCUT2D eigenvalue weighted by atomic mass is 16.5. The minimum atomic E-state index is -0.537. The number of piperidine rings is 1. The SMILES string of the molecule is COC(=O)C1=C2Nc3cc(OC)ccc3[C@]23CCN2CCC[C@](C(C)=O)(C1)[C@@H]23. The van der Waals surface area contributed by atoms with E-state index >= 15 is 0 Å². The van der Waals surface area contributed by atoms with Gasteiger partial charge in [-0.1, -0.05) is 6.07 Å². The van der Waals surface area contributed by atoms with E-state index in [4.69, 9.17) is 9.47 Å². The van der Waals surface area contributed by atoms with Crippen molar-refractivity contribution in [2.75, 3.05) is 32.6 Å². The standard InChI is InChI=1S/C22H26N2O4/c1-13(25)21-7-4-9-24-10-8-22(20(21)24)16-6-5-14(27-2)11-17(16)23-18(22)15(12-21)19(26)28-3/h5-6,11,20,23H,4,7-10,12H2,1-3H3/t20-,21-,22-/m1/s1. The van der Waals surface area contributed by atoms with Gasteiger partial charge in [-0.05, 0) is 57.3 Å². The second-order valence-corrected chi connectivity index (χ2v) is 8.53. The molecule has 1 spiro atoms. The minimum Gasteiger partial charge on any atom is -0.497 e. The molecule has 3 atom stereocenters. The highest BCUT2D eigenvalue weighted by Gasteiger charge is 2.68. The van der Waals surface area contributed by atoms with Gasteiger partial charge >= 0.3 is 5.97 Å². The van der Waals surface area contributed by atoms with Crippen molar-refractivity contribution in [3.63, 3.8) is 0 Å². The normalized spacial score (nSPS) is 32.9. The van der Waals surface area contributed by atoms with Crippen LogP contribution in [0.3, 0.4) is 0 Å². The zero-order valence-corrected chi connectivity index (χ0v) is 16.6. The van der Waals surface area contributed by atoms with Crippen molar-refractivity contribution in [3.8, 4) is 5.75 Å². The van der Waals surface area contributed by atoms with Crippen molar-refractivity contribution >= 4 is 17.4 Å². The summed E-state index contributed by atoms with van der Waals surface area (Å²) in [5, 5.41) is 3.54. The number of anilines is 1. The molecule has 1 aliphatic carbocycles. The number of carbonyl (C=O) groups excluding carboxylic acids is 2. The van der Waals surface area contributed by atoms with Crippen molar-refractivity contribution in [2.24, 2.45) is 5.41 Å². The van der Waals surface area contributed by atoms with E-state index in [0.717, 1.165) is 49.5 Å². The number of ether oxygens (including phenoxy) is 2. The molecule has 1 aromatic carbocycles. The zero-order valence-electron chi connectivity index (χ0n) is 16.6. The summed E-state index contributed by atoms with van der Waals surface area (Å²) >= 11 is 0. The van der Waals surface area contributed by atoms with Gasteiger partial charge in [0.05, 0.1) is 25.2 Å². The first-order chi connectivity index (χ1) is 13.5. The second-order valence-electron chi connectivity index (χ2n) is 8.53. The molecule has 3 aliphatic heterocycles. The molecule has 1 aromatic rings. The van der Waals surface area contributed by atoms with Crippen LogP contribution in [0.2, 0.25) is 0 Å². The number of benzene rings is 1. The molecule has 28 heavy (non-hydrogen) atoms. The minimum absolute atomic E-state index is 0.0804. The van der Waals surface area contributed by atoms with Gasteiger partial charge in [-0.25, -0.2) is 4.79 Å². The molecular weight excluding hydrogens is 356 g/mol. The van der Waals surface area contributed by atoms with Crippen LogP contribution in [-0.2, 0) is 19.7 Å². The van der Waals surface area contributed by atoms with Crippen LogP contribution >= 0.6 is 0 Å². The predicted molar refractivity (Wildman–Crippen MR) is 104 cm³/mol. The fourth-order valence-electron chi connectivity index (χ4n) is 6.49. The molecule has 0 radical (unpaired) electrons. The fourth-order valence-corrected chi connectivity index (χ4v) is 6.49. The first-order valence-corrected chi connectivity index (χ1v) is 10.0. The number of rotatable bonds is 3. The summed E-state index contributed by atoms with van der Waals surface area (Å²) in [6, 6.07) is 6.16. The Balaban J connectivity index is 1.81. The molecule has 6 heteroatoms. The van der Waals surface area contributed by atoms with E-state index in [-0.39, 0.29) is 23.2 Å². The molecule has 148 valence electrons. The summed E-state index contributed by atoms with van der Waals surface area (Å²) in [5.41, 5.74) is 2.81. The van der Waals surface area contributed by atoms with Gasteiger partial charge in [0.25, 0.3) is 0 Å². The van der Waals surface area contributed by atoms with Crippen LogP contribution < -0.4 is 10.1 Å². The van der Waals surface area contributed by atoms with E-state index in [2.05, 4.69) is 16.3 Å². The van der Waals surface area contributed by atoms with E-state index in [9.17, 15) is 9.59 Å². The number of methoxy groups -OCH3 is 2. The van der Waals surface area contributed by atoms with Gasteiger partial charge in [0, 0.05) is 28.9 Å². The van der Waals surface area contributed by atoms with Gasteiger partial charge < -0.3 is 14.8 Å². The van der Waals surface area contributed by atoms with Crippen LogP contribution in [0.15, 0.2) is 29.5 Å². The van der Waals surface area contributed by atoms with Crippen LogP contribution in [0.5, 0.6) is 5.75 Å². The number of Topliss-reactive ketones (excluding diaryl/α,β-unsaturated/α-hetero) is 1. The summed E-state index contributed by atoms with van der Waals surface area (Å²) in [6.45, 7) is 3.64. The maximum absolute atomic E-state index is 13.1. The van der Waals surface area contributed by atoms with Crippen LogP contribution in [0.1, 0.15) is 38.2 Å². The van der Waals surface area contributed by atoms with Crippen molar-refractivity contribution in [3.05, 3.63) is 35.0 Å². The first kappa shape index (κ1) is 17.7. The Morgan fingerprint density at radius 3 is 2.75 bits per heavy atom. The Morgan fingerprint density at radius 2 is 2.04 bits per heavy atom. The molecular formula is C22H26N2O4. The van der Waals surface area contributed by atoms with E-state index < -0.39 is 5.41 Å². The Labute approximate surface area is 164 Å². The number of ketones is 1.